The predicted octanol–water partition coefficient (Wildman–Crippen LogP) is 6.39. The molecule has 6 atom stereocenters. The number of nitrogens with zero attached hydrogens (tertiary/aromatic N) is 2. The van der Waals surface area contributed by atoms with Crippen LogP contribution in [0.1, 0.15) is 71.6 Å². The third-order valence-corrected chi connectivity index (χ3v) is 9.56. The molecule has 148 valence electrons. The Labute approximate surface area is 170 Å². The molecule has 0 spiro atoms. The van der Waals surface area contributed by atoms with Crippen LogP contribution in [0.15, 0.2) is 52.3 Å². The van der Waals surface area contributed by atoms with Gasteiger partial charge in [0.2, 0.25) is 0 Å². The quantitative estimate of drug-likeness (QED) is 0.486. The topological polar surface area (TPSA) is 15.6 Å². The summed E-state index contributed by atoms with van der Waals surface area (Å²) < 4.78 is 0. The van der Waals surface area contributed by atoms with Crippen molar-refractivity contribution in [2.45, 2.75) is 77.7 Å². The molecule has 2 fully saturated rings. The largest absolute Gasteiger partial charge is 0.307 e. The Morgan fingerprint density at radius 3 is 2.86 bits per heavy atom. The van der Waals surface area contributed by atoms with Gasteiger partial charge in [-0.25, -0.2) is 0 Å². The zero-order chi connectivity index (χ0) is 18.9. The van der Waals surface area contributed by atoms with E-state index in [4.69, 9.17) is 4.99 Å². The summed E-state index contributed by atoms with van der Waals surface area (Å²) in [5.74, 6) is 2.59. The van der Waals surface area contributed by atoms with E-state index in [1.807, 2.05) is 5.57 Å². The smallest absolute Gasteiger partial charge is 0.0955 e. The fourth-order valence-corrected chi connectivity index (χ4v) is 8.02. The second-order valence-corrected chi connectivity index (χ2v) is 10.7. The second-order valence-electron chi connectivity index (χ2n) is 10.7. The third kappa shape index (κ3) is 2.18. The molecule has 6 rings (SSSR count). The molecule has 0 amide bonds. The minimum Gasteiger partial charge on any atom is -0.307 e. The molecule has 0 aromatic carbocycles. The van der Waals surface area contributed by atoms with E-state index < -0.39 is 0 Å². The SMILES string of the molecule is C[C@]12CCCCC1=CCC1C2CC[C@]2(C)C(N3C=NC4CC=CC=C43)=CCC12. The number of hydrogen-bond donors (Lipinski definition) is 0. The van der Waals surface area contributed by atoms with Crippen molar-refractivity contribution in [2.24, 2.45) is 33.6 Å². The molecular formula is C26H34N2. The van der Waals surface area contributed by atoms with Gasteiger partial charge in [-0.1, -0.05) is 50.1 Å². The number of rotatable bonds is 1. The fourth-order valence-electron chi connectivity index (χ4n) is 8.02. The van der Waals surface area contributed by atoms with Crippen LogP contribution in [0.3, 0.4) is 0 Å². The Morgan fingerprint density at radius 1 is 1.00 bits per heavy atom. The van der Waals surface area contributed by atoms with Crippen molar-refractivity contribution in [3.8, 4) is 0 Å². The zero-order valence-electron chi connectivity index (χ0n) is 17.5. The Morgan fingerprint density at radius 2 is 1.93 bits per heavy atom. The van der Waals surface area contributed by atoms with Crippen LogP contribution in [0.5, 0.6) is 0 Å². The monoisotopic (exact) mass is 374 g/mol. The first kappa shape index (κ1) is 17.3. The van der Waals surface area contributed by atoms with Gasteiger partial charge in [-0.3, -0.25) is 4.99 Å². The molecule has 0 radical (unpaired) electrons. The zero-order valence-corrected chi connectivity index (χ0v) is 17.5. The Balaban J connectivity index is 1.32. The van der Waals surface area contributed by atoms with E-state index in [-0.39, 0.29) is 0 Å². The van der Waals surface area contributed by atoms with Crippen LogP contribution < -0.4 is 0 Å². The highest BCUT2D eigenvalue weighted by Gasteiger charge is 2.57. The normalized spacial score (nSPS) is 46.2. The van der Waals surface area contributed by atoms with Gasteiger partial charge in [0, 0.05) is 16.8 Å². The van der Waals surface area contributed by atoms with Gasteiger partial charge in [0.15, 0.2) is 0 Å². The summed E-state index contributed by atoms with van der Waals surface area (Å²) in [6.07, 6.45) is 26.3. The van der Waals surface area contributed by atoms with Crippen molar-refractivity contribution >= 4 is 6.34 Å². The van der Waals surface area contributed by atoms with E-state index in [2.05, 4.69) is 55.5 Å². The molecule has 0 aromatic heterocycles. The second kappa shape index (κ2) is 5.97. The summed E-state index contributed by atoms with van der Waals surface area (Å²) in [4.78, 5) is 7.30. The lowest BCUT2D eigenvalue weighted by Crippen LogP contribution is -2.50. The van der Waals surface area contributed by atoms with Gasteiger partial charge in [-0.15, -0.1) is 0 Å². The molecule has 6 aliphatic rings. The lowest BCUT2D eigenvalue weighted by molar-refractivity contribution is -0.0212. The molecule has 0 bridgehead atoms. The van der Waals surface area contributed by atoms with Crippen molar-refractivity contribution in [1.29, 1.82) is 0 Å². The lowest BCUT2D eigenvalue weighted by atomic mass is 9.48. The summed E-state index contributed by atoms with van der Waals surface area (Å²) in [6, 6.07) is 0.353. The highest BCUT2D eigenvalue weighted by molar-refractivity contribution is 5.68. The molecule has 2 heteroatoms. The Kier molecular flexibility index (Phi) is 3.69. The van der Waals surface area contributed by atoms with Gasteiger partial charge < -0.3 is 4.90 Å². The first-order valence-corrected chi connectivity index (χ1v) is 11.7. The molecule has 0 N–H and O–H groups in total. The van der Waals surface area contributed by atoms with Crippen molar-refractivity contribution in [3.63, 3.8) is 0 Å². The molecule has 5 aliphatic carbocycles. The molecule has 2 saturated carbocycles. The van der Waals surface area contributed by atoms with Crippen LogP contribution in [0.2, 0.25) is 0 Å². The Hall–Kier alpha value is -1.57. The fraction of sp³-hybridized carbons (Fsp3) is 0.654. The molecule has 1 aliphatic heterocycles. The molecular weight excluding hydrogens is 340 g/mol. The maximum absolute atomic E-state index is 4.83. The van der Waals surface area contributed by atoms with Gasteiger partial charge >= 0.3 is 0 Å². The molecule has 2 nitrogen and oxygen atoms in total. The lowest BCUT2D eigenvalue weighted by Gasteiger charge is -2.57. The van der Waals surface area contributed by atoms with Gasteiger partial charge in [0.05, 0.1) is 12.4 Å². The summed E-state index contributed by atoms with van der Waals surface area (Å²) in [6.45, 7) is 5.20. The van der Waals surface area contributed by atoms with E-state index in [0.717, 1.165) is 24.2 Å². The van der Waals surface area contributed by atoms with Crippen LogP contribution >= 0.6 is 0 Å². The maximum atomic E-state index is 4.83. The number of hydrogen-bond acceptors (Lipinski definition) is 2. The Bertz CT molecular complexity index is 842. The van der Waals surface area contributed by atoms with E-state index >= 15 is 0 Å². The van der Waals surface area contributed by atoms with Gasteiger partial charge in [0.25, 0.3) is 0 Å². The number of fused-ring (bicyclic) bond motifs is 6. The van der Waals surface area contributed by atoms with Crippen LogP contribution in [0.4, 0.5) is 0 Å². The van der Waals surface area contributed by atoms with Gasteiger partial charge in [-0.2, -0.15) is 0 Å². The van der Waals surface area contributed by atoms with Gasteiger partial charge in [0.1, 0.15) is 0 Å². The highest BCUT2D eigenvalue weighted by Crippen LogP contribution is 2.65. The first-order chi connectivity index (χ1) is 13.6. The minimum atomic E-state index is 0.320. The van der Waals surface area contributed by atoms with E-state index in [9.17, 15) is 0 Å². The maximum Gasteiger partial charge on any atom is 0.0955 e. The molecule has 0 saturated heterocycles. The molecule has 0 aromatic rings. The average molecular weight is 375 g/mol. The molecule has 1 heterocycles. The van der Waals surface area contributed by atoms with Crippen LogP contribution in [-0.4, -0.2) is 17.3 Å². The predicted molar refractivity (Wildman–Crippen MR) is 116 cm³/mol. The van der Waals surface area contributed by atoms with Crippen molar-refractivity contribution in [2.75, 3.05) is 0 Å². The third-order valence-electron chi connectivity index (χ3n) is 9.56. The van der Waals surface area contributed by atoms with Crippen molar-refractivity contribution < 1.29 is 0 Å². The molecule has 28 heavy (non-hydrogen) atoms. The van der Waals surface area contributed by atoms with Crippen molar-refractivity contribution in [3.05, 3.63) is 47.3 Å². The number of allylic oxidation sites excluding steroid dienone is 6. The van der Waals surface area contributed by atoms with E-state index in [1.165, 1.54) is 57.1 Å². The van der Waals surface area contributed by atoms with Crippen LogP contribution in [-0.2, 0) is 0 Å². The van der Waals surface area contributed by atoms with E-state index in [1.54, 1.807) is 5.70 Å². The number of aliphatic imine (C=N–C) groups is 1. The minimum absolute atomic E-state index is 0.320. The van der Waals surface area contributed by atoms with E-state index in [0.29, 0.717) is 16.9 Å². The average Bonchev–Trinajstić information content (AvgIpc) is 3.28. The summed E-state index contributed by atoms with van der Waals surface area (Å²) in [7, 11) is 0. The first-order valence-electron chi connectivity index (χ1n) is 11.7. The standard InChI is InChI=1S/C26H34N2/c1-25-15-6-5-7-18(25)10-11-19-20-12-13-24(26(20,2)16-14-21(19)25)28-17-27-22-8-3-4-9-23(22)28/h3-4,9-10,13,17,19-22H,5-8,11-12,14-16H2,1-2H3/t19?,20?,21?,22?,25-,26-/m0/s1. The van der Waals surface area contributed by atoms with Gasteiger partial charge in [-0.05, 0) is 80.6 Å². The highest BCUT2D eigenvalue weighted by atomic mass is 15.3. The molecule has 4 unspecified atom stereocenters. The summed E-state index contributed by atoms with van der Waals surface area (Å²) in [5, 5.41) is 0. The van der Waals surface area contributed by atoms with Crippen LogP contribution in [0, 0.1) is 28.6 Å². The van der Waals surface area contributed by atoms with Crippen molar-refractivity contribution in [1.82, 2.24) is 4.90 Å². The van der Waals surface area contributed by atoms with Crippen LogP contribution in [0.25, 0.3) is 0 Å². The summed E-state index contributed by atoms with van der Waals surface area (Å²) >= 11 is 0. The summed E-state index contributed by atoms with van der Waals surface area (Å²) in [5.41, 5.74) is 5.61.